The van der Waals surface area contributed by atoms with Gasteiger partial charge in [-0.1, -0.05) is 12.1 Å². The van der Waals surface area contributed by atoms with E-state index in [9.17, 15) is 23.7 Å². The third-order valence-electron chi connectivity index (χ3n) is 3.11. The van der Waals surface area contributed by atoms with Crippen molar-refractivity contribution in [2.45, 2.75) is 13.2 Å². The van der Waals surface area contributed by atoms with Crippen molar-refractivity contribution in [2.24, 2.45) is 0 Å². The van der Waals surface area contributed by atoms with Crippen LogP contribution in [0, 0.1) is 10.1 Å². The van der Waals surface area contributed by atoms with Crippen molar-refractivity contribution in [3.05, 3.63) is 63.7 Å². The van der Waals surface area contributed by atoms with Crippen LogP contribution >= 0.6 is 0 Å². The fourth-order valence-corrected chi connectivity index (χ4v) is 1.97. The minimum absolute atomic E-state index is 0.0267. The quantitative estimate of drug-likeness (QED) is 0.430. The Morgan fingerprint density at radius 2 is 1.96 bits per heavy atom. The number of hydrogen-bond acceptors (Lipinski definition) is 6. The van der Waals surface area contributed by atoms with E-state index in [0.29, 0.717) is 5.56 Å². The maximum absolute atomic E-state index is 12.3. The highest BCUT2D eigenvalue weighted by Crippen LogP contribution is 2.29. The summed E-state index contributed by atoms with van der Waals surface area (Å²) in [6.07, 6.45) is 0. The highest BCUT2D eigenvalue weighted by molar-refractivity contribution is 5.90. The number of nitro groups is 1. The highest BCUT2D eigenvalue weighted by atomic mass is 19.3. The first kappa shape index (κ1) is 18.1. The van der Waals surface area contributed by atoms with Crippen molar-refractivity contribution in [1.29, 1.82) is 0 Å². The molecule has 0 atom stereocenters. The number of non-ortho nitro benzene ring substituents is 1. The number of carbonyl (C=O) groups excluding carboxylic acids is 1. The second-order valence-corrected chi connectivity index (χ2v) is 4.75. The van der Waals surface area contributed by atoms with Gasteiger partial charge in [-0.2, -0.15) is 8.78 Å². The van der Waals surface area contributed by atoms with Crippen molar-refractivity contribution >= 4 is 11.7 Å². The van der Waals surface area contributed by atoms with Crippen molar-refractivity contribution in [2.75, 3.05) is 7.11 Å². The van der Waals surface area contributed by atoms with Crippen LogP contribution in [0.1, 0.15) is 15.9 Å². The van der Waals surface area contributed by atoms with Gasteiger partial charge in [0.05, 0.1) is 17.6 Å². The molecule has 9 heteroatoms. The monoisotopic (exact) mass is 353 g/mol. The van der Waals surface area contributed by atoms with Gasteiger partial charge in [-0.3, -0.25) is 10.1 Å². The number of rotatable bonds is 7. The number of nitrogens with zero attached hydrogens (tertiary/aromatic N) is 1. The molecule has 132 valence electrons. The second kappa shape index (κ2) is 8.04. The molecule has 2 rings (SSSR count). The van der Waals surface area contributed by atoms with Crippen LogP contribution in [0.15, 0.2) is 42.5 Å². The summed E-state index contributed by atoms with van der Waals surface area (Å²) in [4.78, 5) is 22.0. The van der Waals surface area contributed by atoms with Crippen LogP contribution in [0.3, 0.4) is 0 Å². The molecule has 7 nitrogen and oxygen atoms in total. The number of halogens is 2. The Morgan fingerprint density at radius 1 is 1.20 bits per heavy atom. The minimum atomic E-state index is -2.99. The summed E-state index contributed by atoms with van der Waals surface area (Å²) >= 11 is 0. The molecule has 0 aliphatic carbocycles. The van der Waals surface area contributed by atoms with Crippen molar-refractivity contribution in [3.8, 4) is 11.5 Å². The molecule has 0 aromatic heterocycles. The second-order valence-electron chi connectivity index (χ2n) is 4.75. The maximum Gasteiger partial charge on any atom is 0.387 e. The molecule has 0 radical (unpaired) electrons. The average Bonchev–Trinajstić information content (AvgIpc) is 2.60. The Labute approximate surface area is 140 Å². The van der Waals surface area contributed by atoms with Crippen LogP contribution in [-0.4, -0.2) is 24.6 Å². The lowest BCUT2D eigenvalue weighted by Gasteiger charge is -2.11. The van der Waals surface area contributed by atoms with E-state index in [1.165, 1.54) is 43.5 Å². The van der Waals surface area contributed by atoms with Gasteiger partial charge in [-0.05, 0) is 23.8 Å². The van der Waals surface area contributed by atoms with Crippen molar-refractivity contribution in [1.82, 2.24) is 0 Å². The lowest BCUT2D eigenvalue weighted by molar-refractivity contribution is -0.384. The number of carbonyl (C=O) groups is 1. The van der Waals surface area contributed by atoms with E-state index in [4.69, 9.17) is 9.47 Å². The molecule has 0 amide bonds. The Hall–Kier alpha value is -3.23. The molecule has 0 saturated heterocycles. The fraction of sp³-hybridized carbons (Fsp3) is 0.188. The van der Waals surface area contributed by atoms with E-state index in [1.54, 1.807) is 0 Å². The number of nitro benzene ring substituents is 1. The molecule has 0 heterocycles. The number of alkyl halides is 2. The molecule has 0 unspecified atom stereocenters. The number of hydrogen-bond donors (Lipinski definition) is 0. The van der Waals surface area contributed by atoms with E-state index in [2.05, 4.69) is 4.74 Å². The molecule has 0 spiro atoms. The van der Waals surface area contributed by atoms with E-state index in [0.717, 1.165) is 6.07 Å². The van der Waals surface area contributed by atoms with E-state index in [-0.39, 0.29) is 29.4 Å². The van der Waals surface area contributed by atoms with Gasteiger partial charge in [-0.25, -0.2) is 4.79 Å². The largest absolute Gasteiger partial charge is 0.493 e. The first-order chi connectivity index (χ1) is 11.9. The van der Waals surface area contributed by atoms with Gasteiger partial charge < -0.3 is 14.2 Å². The average molecular weight is 353 g/mol. The molecule has 0 bridgehead atoms. The zero-order valence-electron chi connectivity index (χ0n) is 13.0. The molecule has 2 aromatic carbocycles. The highest BCUT2D eigenvalue weighted by Gasteiger charge is 2.14. The number of methoxy groups -OCH3 is 1. The van der Waals surface area contributed by atoms with Gasteiger partial charge in [-0.15, -0.1) is 0 Å². The van der Waals surface area contributed by atoms with E-state index >= 15 is 0 Å². The standard InChI is InChI=1S/C16H13F2NO6/c1-23-14-7-10(5-6-13(14)25-16(17)18)9-24-15(20)11-3-2-4-12(8-11)19(21)22/h2-8,16H,9H2,1H3. The van der Waals surface area contributed by atoms with E-state index < -0.39 is 17.5 Å². The Kier molecular flexibility index (Phi) is 5.83. The molecule has 0 aliphatic heterocycles. The summed E-state index contributed by atoms with van der Waals surface area (Å²) in [5.74, 6) is -0.842. The van der Waals surface area contributed by atoms with Gasteiger partial charge in [0, 0.05) is 12.1 Å². The number of ether oxygens (including phenoxy) is 3. The zero-order chi connectivity index (χ0) is 18.4. The molecule has 25 heavy (non-hydrogen) atoms. The molecular formula is C16H13F2NO6. The molecule has 0 N–H and O–H groups in total. The van der Waals surface area contributed by atoms with E-state index in [1.807, 2.05) is 0 Å². The van der Waals surface area contributed by atoms with Gasteiger partial charge in [0.25, 0.3) is 5.69 Å². The predicted molar refractivity (Wildman–Crippen MR) is 81.8 cm³/mol. The van der Waals surface area contributed by atoms with Crippen LogP contribution in [0.4, 0.5) is 14.5 Å². The molecule has 0 aliphatic rings. The lowest BCUT2D eigenvalue weighted by Crippen LogP contribution is -2.07. The minimum Gasteiger partial charge on any atom is -0.493 e. The summed E-state index contributed by atoms with van der Waals surface area (Å²) in [6.45, 7) is -3.17. The summed E-state index contributed by atoms with van der Waals surface area (Å²) in [5, 5.41) is 10.7. The maximum atomic E-state index is 12.3. The molecule has 2 aromatic rings. The third-order valence-corrected chi connectivity index (χ3v) is 3.11. The molecule has 0 saturated carbocycles. The van der Waals surface area contributed by atoms with Crippen LogP contribution in [0.2, 0.25) is 0 Å². The fourth-order valence-electron chi connectivity index (χ4n) is 1.97. The van der Waals surface area contributed by atoms with Gasteiger partial charge in [0.2, 0.25) is 0 Å². The van der Waals surface area contributed by atoms with Crippen molar-refractivity contribution < 1.29 is 32.7 Å². The first-order valence-electron chi connectivity index (χ1n) is 6.94. The van der Waals surface area contributed by atoms with Crippen molar-refractivity contribution in [3.63, 3.8) is 0 Å². The van der Waals surface area contributed by atoms with Gasteiger partial charge in [0.15, 0.2) is 11.5 Å². The van der Waals surface area contributed by atoms with Crippen LogP contribution in [0.25, 0.3) is 0 Å². The van der Waals surface area contributed by atoms with Gasteiger partial charge in [0.1, 0.15) is 6.61 Å². The SMILES string of the molecule is COc1cc(COC(=O)c2cccc([N+](=O)[O-])c2)ccc1OC(F)F. The normalized spacial score (nSPS) is 10.4. The smallest absolute Gasteiger partial charge is 0.387 e. The first-order valence-corrected chi connectivity index (χ1v) is 6.94. The lowest BCUT2D eigenvalue weighted by atomic mass is 10.2. The van der Waals surface area contributed by atoms with Crippen LogP contribution < -0.4 is 9.47 Å². The predicted octanol–water partition coefficient (Wildman–Crippen LogP) is 3.56. The zero-order valence-corrected chi connectivity index (χ0v) is 13.0. The topological polar surface area (TPSA) is 87.9 Å². The Bertz CT molecular complexity index is 781. The third kappa shape index (κ3) is 4.87. The Morgan fingerprint density at radius 3 is 2.60 bits per heavy atom. The summed E-state index contributed by atoms with van der Waals surface area (Å²) in [6, 6.07) is 9.19. The number of esters is 1. The molecule has 0 fully saturated rings. The van der Waals surface area contributed by atoms with Crippen LogP contribution in [0.5, 0.6) is 11.5 Å². The van der Waals surface area contributed by atoms with Gasteiger partial charge >= 0.3 is 12.6 Å². The summed E-state index contributed by atoms with van der Waals surface area (Å²) in [5.41, 5.74) is 0.265. The Balaban J connectivity index is 2.06. The van der Waals surface area contributed by atoms with Crippen LogP contribution in [-0.2, 0) is 11.3 Å². The number of benzene rings is 2. The summed E-state index contributed by atoms with van der Waals surface area (Å²) < 4.78 is 38.8. The molecular weight excluding hydrogens is 340 g/mol. The summed E-state index contributed by atoms with van der Waals surface area (Å²) in [7, 11) is 1.28.